The van der Waals surface area contributed by atoms with Crippen molar-refractivity contribution in [2.45, 2.75) is 5.03 Å². The van der Waals surface area contributed by atoms with Crippen LogP contribution in [0.3, 0.4) is 0 Å². The van der Waals surface area contributed by atoms with Gasteiger partial charge in [-0.2, -0.15) is 5.10 Å². The number of hydrogen-bond acceptors (Lipinski definition) is 3. The Morgan fingerprint density at radius 3 is 2.80 bits per heavy atom. The van der Waals surface area contributed by atoms with Crippen molar-refractivity contribution in [1.82, 2.24) is 10.2 Å². The predicted octanol–water partition coefficient (Wildman–Crippen LogP) is 3.88. The lowest BCUT2D eigenvalue weighted by Crippen LogP contribution is -2.08. The molecule has 0 saturated carbocycles. The van der Waals surface area contributed by atoms with Crippen molar-refractivity contribution in [3.8, 4) is 0 Å². The van der Waals surface area contributed by atoms with Crippen LogP contribution >= 0.6 is 39.1 Å². The molecule has 20 heavy (non-hydrogen) atoms. The summed E-state index contributed by atoms with van der Waals surface area (Å²) in [5.74, 6) is -0.329. The van der Waals surface area contributed by atoms with Crippen LogP contribution in [0, 0.1) is 0 Å². The number of aromatic nitrogens is 2. The molecule has 0 atom stereocenters. The largest absolute Gasteiger partial charge is 0.283 e. The third-order valence-corrected chi connectivity index (χ3v) is 5.45. The van der Waals surface area contributed by atoms with Gasteiger partial charge in [-0.1, -0.05) is 35.3 Å². The average Bonchev–Trinajstić information content (AvgIpc) is 2.75. The number of aromatic amines is 1. The molecule has 1 heterocycles. The third-order valence-electron chi connectivity index (χ3n) is 2.36. The lowest BCUT2D eigenvalue weighted by Gasteiger charge is -2.01. The monoisotopic (exact) mass is 394 g/mol. The van der Waals surface area contributed by atoms with Crippen molar-refractivity contribution in [2.75, 3.05) is 5.75 Å². The molecule has 0 spiro atoms. The van der Waals surface area contributed by atoms with Gasteiger partial charge in [0.15, 0.2) is 5.03 Å². The van der Waals surface area contributed by atoms with E-state index in [0.717, 1.165) is 5.56 Å². The van der Waals surface area contributed by atoms with Crippen LogP contribution in [-0.2, 0) is 9.84 Å². The van der Waals surface area contributed by atoms with Crippen molar-refractivity contribution >= 4 is 55.0 Å². The molecule has 8 heteroatoms. The molecule has 1 aromatic heterocycles. The van der Waals surface area contributed by atoms with Crippen LogP contribution in [0.2, 0.25) is 5.02 Å². The fraction of sp³-hybridized carbons (Fsp3) is 0.0833. The van der Waals surface area contributed by atoms with Gasteiger partial charge in [0.1, 0.15) is 0 Å². The van der Waals surface area contributed by atoms with E-state index in [0.29, 0.717) is 9.50 Å². The van der Waals surface area contributed by atoms with Crippen LogP contribution in [0.15, 0.2) is 45.0 Å². The van der Waals surface area contributed by atoms with Crippen molar-refractivity contribution in [1.29, 1.82) is 0 Å². The second-order valence-electron chi connectivity index (χ2n) is 3.94. The molecule has 106 valence electrons. The summed E-state index contributed by atoms with van der Waals surface area (Å²) in [6, 6.07) is 6.97. The number of nitrogens with zero attached hydrogens (tertiary/aromatic N) is 1. The van der Waals surface area contributed by atoms with E-state index >= 15 is 0 Å². The van der Waals surface area contributed by atoms with Crippen molar-refractivity contribution < 1.29 is 8.42 Å². The van der Waals surface area contributed by atoms with Crippen LogP contribution in [0.1, 0.15) is 5.56 Å². The molecule has 4 nitrogen and oxygen atoms in total. The number of hydrogen-bond donors (Lipinski definition) is 1. The molecule has 0 radical (unpaired) electrons. The number of benzene rings is 1. The lowest BCUT2D eigenvalue weighted by atomic mass is 10.2. The Morgan fingerprint density at radius 2 is 2.20 bits per heavy atom. The van der Waals surface area contributed by atoms with Crippen LogP contribution in [0.4, 0.5) is 0 Å². The number of H-pyrrole nitrogens is 1. The molecule has 2 rings (SSSR count). The maximum Gasteiger partial charge on any atom is 0.203 e. The molecule has 0 fully saturated rings. The van der Waals surface area contributed by atoms with E-state index < -0.39 is 9.84 Å². The molecule has 2 aromatic rings. The van der Waals surface area contributed by atoms with Gasteiger partial charge in [0, 0.05) is 16.3 Å². The van der Waals surface area contributed by atoms with Crippen molar-refractivity contribution in [3.63, 3.8) is 0 Å². The molecular weight excluding hydrogens is 387 g/mol. The zero-order valence-corrected chi connectivity index (χ0v) is 13.9. The van der Waals surface area contributed by atoms with Crippen molar-refractivity contribution in [2.24, 2.45) is 0 Å². The Bertz CT molecular complexity index is 756. The van der Waals surface area contributed by atoms with E-state index in [-0.39, 0.29) is 15.8 Å². The molecule has 1 aromatic carbocycles. The van der Waals surface area contributed by atoms with Crippen LogP contribution < -0.4 is 0 Å². The first-order valence-corrected chi connectivity index (χ1v) is 8.62. The van der Waals surface area contributed by atoms with Gasteiger partial charge in [0.2, 0.25) is 9.84 Å². The highest BCUT2D eigenvalue weighted by atomic mass is 79.9. The van der Waals surface area contributed by atoms with Gasteiger partial charge < -0.3 is 0 Å². The first kappa shape index (κ1) is 15.6. The molecule has 0 aliphatic rings. The maximum atomic E-state index is 12.1. The summed E-state index contributed by atoms with van der Waals surface area (Å²) >= 11 is 15.0. The Kier molecular flexibility index (Phi) is 4.90. The Labute approximate surface area is 134 Å². The third kappa shape index (κ3) is 3.85. The average molecular weight is 396 g/mol. The van der Waals surface area contributed by atoms with Gasteiger partial charge in [-0.3, -0.25) is 5.10 Å². The van der Waals surface area contributed by atoms with Gasteiger partial charge in [0.25, 0.3) is 0 Å². The van der Waals surface area contributed by atoms with Gasteiger partial charge >= 0.3 is 0 Å². The minimum absolute atomic E-state index is 0.0601. The number of rotatable bonds is 4. The maximum absolute atomic E-state index is 12.1. The van der Waals surface area contributed by atoms with Gasteiger partial charge in [-0.05, 0) is 39.7 Å². The quantitative estimate of drug-likeness (QED) is 0.854. The first-order chi connectivity index (χ1) is 9.38. The Balaban J connectivity index is 2.24. The summed E-state index contributed by atoms with van der Waals surface area (Å²) in [5, 5.41) is 6.85. The predicted molar refractivity (Wildman–Crippen MR) is 83.6 cm³/mol. The fourth-order valence-electron chi connectivity index (χ4n) is 1.55. The number of halogens is 3. The highest BCUT2D eigenvalue weighted by Gasteiger charge is 2.21. The summed E-state index contributed by atoms with van der Waals surface area (Å²) in [6.07, 6.45) is 3.01. The molecule has 0 unspecified atom stereocenters. The summed E-state index contributed by atoms with van der Waals surface area (Å²) < 4.78 is 24.6. The summed E-state index contributed by atoms with van der Waals surface area (Å²) in [4.78, 5) is 0. The zero-order chi connectivity index (χ0) is 14.8. The van der Waals surface area contributed by atoms with Crippen molar-refractivity contribution in [3.05, 3.63) is 50.6 Å². The van der Waals surface area contributed by atoms with E-state index in [1.54, 1.807) is 30.3 Å². The van der Waals surface area contributed by atoms with Crippen LogP contribution in [0.25, 0.3) is 6.08 Å². The molecule has 0 amide bonds. The number of sulfone groups is 1. The standard InChI is InChI=1S/C12H9BrCl2N2O2S/c13-11-6-16-17-12(11)20(18,19)7-10(15)5-8-2-1-3-9(14)4-8/h1-6H,7H2,(H,16,17). The Morgan fingerprint density at radius 1 is 1.45 bits per heavy atom. The summed E-state index contributed by atoms with van der Waals surface area (Å²) in [6.45, 7) is 0. The van der Waals surface area contributed by atoms with Gasteiger partial charge in [-0.25, -0.2) is 8.42 Å². The zero-order valence-electron chi connectivity index (χ0n) is 9.98. The fourth-order valence-corrected chi connectivity index (χ4v) is 4.37. The molecule has 0 bridgehead atoms. The van der Waals surface area contributed by atoms with Gasteiger partial charge in [0.05, 0.1) is 10.2 Å². The smallest absolute Gasteiger partial charge is 0.203 e. The molecule has 0 aliphatic heterocycles. The highest BCUT2D eigenvalue weighted by molar-refractivity contribution is 9.10. The van der Waals surface area contributed by atoms with E-state index in [4.69, 9.17) is 23.2 Å². The molecular formula is C12H9BrCl2N2O2S. The topological polar surface area (TPSA) is 62.8 Å². The summed E-state index contributed by atoms with van der Waals surface area (Å²) in [7, 11) is -3.60. The van der Waals surface area contributed by atoms with E-state index in [9.17, 15) is 8.42 Å². The second-order valence-corrected chi connectivity index (χ2v) is 7.62. The molecule has 1 N–H and O–H groups in total. The SMILES string of the molecule is O=S(=O)(CC(Cl)=Cc1cccc(Cl)c1)c1n[nH]cc1Br. The van der Waals surface area contributed by atoms with E-state index in [1.165, 1.54) is 6.20 Å². The minimum Gasteiger partial charge on any atom is -0.283 e. The minimum atomic E-state index is -3.60. The molecule has 0 saturated heterocycles. The number of nitrogens with one attached hydrogen (secondary N) is 1. The highest BCUT2D eigenvalue weighted by Crippen LogP contribution is 2.23. The van der Waals surface area contributed by atoms with Gasteiger partial charge in [-0.15, -0.1) is 0 Å². The lowest BCUT2D eigenvalue weighted by molar-refractivity contribution is 0.594. The second kappa shape index (κ2) is 6.30. The van der Waals surface area contributed by atoms with E-state index in [1.807, 2.05) is 0 Å². The van der Waals surface area contributed by atoms with Crippen LogP contribution in [0.5, 0.6) is 0 Å². The first-order valence-electron chi connectivity index (χ1n) is 5.42. The Hall–Kier alpha value is -0.820. The van der Waals surface area contributed by atoms with Crippen LogP contribution in [-0.4, -0.2) is 24.4 Å². The molecule has 0 aliphatic carbocycles. The normalized spacial score (nSPS) is 12.7. The summed E-state index contributed by atoms with van der Waals surface area (Å²) in [5.41, 5.74) is 0.735. The van der Waals surface area contributed by atoms with E-state index in [2.05, 4.69) is 26.1 Å².